The quantitative estimate of drug-likeness (QED) is 0.251. The van der Waals surface area contributed by atoms with E-state index in [-0.39, 0.29) is 29.2 Å². The van der Waals surface area contributed by atoms with Crippen molar-refractivity contribution < 1.29 is 24.0 Å². The van der Waals surface area contributed by atoms with E-state index in [0.717, 1.165) is 0 Å². The normalized spacial score (nSPS) is 14.7. The monoisotopic (exact) mass is 394 g/mol. The third-order valence-electron chi connectivity index (χ3n) is 4.15. The molecule has 0 saturated heterocycles. The number of rotatable bonds is 5. The van der Waals surface area contributed by atoms with E-state index in [1.54, 1.807) is 57.2 Å². The highest BCUT2D eigenvalue weighted by molar-refractivity contribution is 6.13. The van der Waals surface area contributed by atoms with Crippen molar-refractivity contribution in [3.05, 3.63) is 75.0 Å². The van der Waals surface area contributed by atoms with Crippen molar-refractivity contribution in [1.82, 2.24) is 0 Å². The van der Waals surface area contributed by atoms with Gasteiger partial charge in [0, 0.05) is 17.2 Å². The van der Waals surface area contributed by atoms with Crippen LogP contribution in [0, 0.1) is 23.0 Å². The summed E-state index contributed by atoms with van der Waals surface area (Å²) in [6.07, 6.45) is 1.52. The summed E-state index contributed by atoms with van der Waals surface area (Å²) in [5, 5.41) is 11.1. The summed E-state index contributed by atoms with van der Waals surface area (Å²) in [6, 6.07) is 11.1. The Bertz CT molecular complexity index is 1050. The number of nitrogens with zero attached hydrogens (tertiary/aromatic N) is 2. The van der Waals surface area contributed by atoms with Crippen LogP contribution in [0.25, 0.3) is 6.08 Å². The first-order valence-electron chi connectivity index (χ1n) is 8.84. The highest BCUT2D eigenvalue weighted by atomic mass is 16.6. The van der Waals surface area contributed by atoms with Crippen molar-refractivity contribution in [2.75, 3.05) is 0 Å². The summed E-state index contributed by atoms with van der Waals surface area (Å²) in [5.74, 6) is -0.825. The number of nitro groups is 1. The lowest BCUT2D eigenvalue weighted by atomic mass is 10.1. The Kier molecular flexibility index (Phi) is 5.54. The van der Waals surface area contributed by atoms with E-state index in [9.17, 15) is 19.7 Å². The van der Waals surface area contributed by atoms with Crippen molar-refractivity contribution in [3.63, 3.8) is 0 Å². The summed E-state index contributed by atoms with van der Waals surface area (Å²) in [4.78, 5) is 38.5. The van der Waals surface area contributed by atoms with Gasteiger partial charge in [0.2, 0.25) is 5.90 Å². The number of carbonyl (C=O) groups is 2. The number of aryl methyl sites for hydroxylation is 1. The highest BCUT2D eigenvalue weighted by Crippen LogP contribution is 2.24. The maximum Gasteiger partial charge on any atom is 0.363 e. The molecule has 0 radical (unpaired) electrons. The average molecular weight is 394 g/mol. The number of esters is 2. The van der Waals surface area contributed by atoms with Crippen LogP contribution in [0.5, 0.6) is 5.75 Å². The van der Waals surface area contributed by atoms with E-state index in [4.69, 9.17) is 9.47 Å². The van der Waals surface area contributed by atoms with Gasteiger partial charge >= 0.3 is 11.9 Å². The van der Waals surface area contributed by atoms with E-state index in [2.05, 4.69) is 4.99 Å². The van der Waals surface area contributed by atoms with Crippen LogP contribution in [-0.4, -0.2) is 22.8 Å². The summed E-state index contributed by atoms with van der Waals surface area (Å²) >= 11 is 0. The Hall–Kier alpha value is -3.81. The zero-order valence-electron chi connectivity index (χ0n) is 16.0. The molecule has 0 spiro atoms. The van der Waals surface area contributed by atoms with Crippen LogP contribution >= 0.6 is 0 Å². The number of carbonyl (C=O) groups excluding carboxylic acids is 2. The lowest BCUT2D eigenvalue weighted by Crippen LogP contribution is -2.14. The minimum atomic E-state index is -0.654. The fourth-order valence-electron chi connectivity index (χ4n) is 2.50. The van der Waals surface area contributed by atoms with Gasteiger partial charge in [-0.05, 0) is 36.8 Å². The smallest absolute Gasteiger partial charge is 0.363 e. The molecule has 148 valence electrons. The second-order valence-corrected chi connectivity index (χ2v) is 6.74. The third-order valence-corrected chi connectivity index (χ3v) is 4.15. The molecule has 0 atom stereocenters. The summed E-state index contributed by atoms with van der Waals surface area (Å²) < 4.78 is 10.4. The number of nitro benzene ring substituents is 1. The Balaban J connectivity index is 1.83. The molecule has 1 heterocycles. The van der Waals surface area contributed by atoms with Crippen LogP contribution in [0.2, 0.25) is 0 Å². The molecule has 0 aliphatic carbocycles. The summed E-state index contributed by atoms with van der Waals surface area (Å²) in [5.41, 5.74) is 1.48. The molecule has 0 fully saturated rings. The van der Waals surface area contributed by atoms with Gasteiger partial charge in [0.25, 0.3) is 5.69 Å². The maximum absolute atomic E-state index is 12.1. The average Bonchev–Trinajstić information content (AvgIpc) is 3.03. The lowest BCUT2D eigenvalue weighted by molar-refractivity contribution is -0.385. The van der Waals surface area contributed by atoms with E-state index < -0.39 is 10.9 Å². The fraction of sp³-hybridized carbons (Fsp3) is 0.190. The van der Waals surface area contributed by atoms with Crippen molar-refractivity contribution in [2.24, 2.45) is 10.9 Å². The van der Waals surface area contributed by atoms with E-state index >= 15 is 0 Å². The molecule has 0 unspecified atom stereocenters. The highest BCUT2D eigenvalue weighted by Gasteiger charge is 2.25. The van der Waals surface area contributed by atoms with E-state index in [0.29, 0.717) is 22.4 Å². The molecule has 1 aliphatic rings. The maximum atomic E-state index is 12.1. The number of benzene rings is 2. The summed E-state index contributed by atoms with van der Waals surface area (Å²) in [6.45, 7) is 5.11. The van der Waals surface area contributed by atoms with Crippen LogP contribution in [0.15, 0.2) is 53.2 Å². The molecule has 29 heavy (non-hydrogen) atoms. The predicted molar refractivity (Wildman–Crippen MR) is 105 cm³/mol. The number of hydrogen-bond acceptors (Lipinski definition) is 7. The Morgan fingerprint density at radius 2 is 1.90 bits per heavy atom. The number of aliphatic imine (C=N–C) groups is 1. The van der Waals surface area contributed by atoms with Crippen molar-refractivity contribution >= 4 is 29.6 Å². The molecular weight excluding hydrogens is 376 g/mol. The molecular formula is C21H18N2O6. The topological polar surface area (TPSA) is 108 Å². The molecule has 0 saturated carbocycles. The minimum absolute atomic E-state index is 0.00633. The Morgan fingerprint density at radius 3 is 2.52 bits per heavy atom. The molecule has 2 aromatic rings. The molecule has 1 aliphatic heterocycles. The molecule has 8 heteroatoms. The fourth-order valence-corrected chi connectivity index (χ4v) is 2.50. The molecule has 3 rings (SSSR count). The molecule has 0 N–H and O–H groups in total. The van der Waals surface area contributed by atoms with Gasteiger partial charge in [-0.3, -0.25) is 14.9 Å². The van der Waals surface area contributed by atoms with Crippen LogP contribution in [0.4, 0.5) is 5.69 Å². The molecule has 0 aromatic heterocycles. The first kappa shape index (κ1) is 19.9. The lowest BCUT2D eigenvalue weighted by Gasteiger charge is -2.06. The van der Waals surface area contributed by atoms with Crippen LogP contribution < -0.4 is 4.74 Å². The predicted octanol–water partition coefficient (Wildman–Crippen LogP) is 3.81. The number of hydrogen-bond donors (Lipinski definition) is 0. The second-order valence-electron chi connectivity index (χ2n) is 6.74. The molecule has 8 nitrogen and oxygen atoms in total. The minimum Gasteiger partial charge on any atom is -0.426 e. The van der Waals surface area contributed by atoms with Gasteiger partial charge in [-0.25, -0.2) is 9.79 Å². The van der Waals surface area contributed by atoms with Gasteiger partial charge in [0.15, 0.2) is 5.70 Å². The van der Waals surface area contributed by atoms with Crippen molar-refractivity contribution in [1.29, 1.82) is 0 Å². The molecule has 2 aromatic carbocycles. The Morgan fingerprint density at radius 1 is 1.21 bits per heavy atom. The second kappa shape index (κ2) is 8.05. The standard InChI is InChI=1S/C21H18N2O6/c1-12(2)20(24)28-16-8-5-14(6-9-16)10-17-21(25)29-19(22-17)15-7-4-13(3)18(11-15)23(26)27/h4-12H,1-3H3/b17-10-. The van der Waals surface area contributed by atoms with Gasteiger partial charge < -0.3 is 9.47 Å². The largest absolute Gasteiger partial charge is 0.426 e. The zero-order chi connectivity index (χ0) is 21.1. The van der Waals surface area contributed by atoms with Gasteiger partial charge in [-0.2, -0.15) is 0 Å². The van der Waals surface area contributed by atoms with E-state index in [1.807, 2.05) is 0 Å². The van der Waals surface area contributed by atoms with Crippen molar-refractivity contribution in [2.45, 2.75) is 20.8 Å². The van der Waals surface area contributed by atoms with Crippen molar-refractivity contribution in [3.8, 4) is 5.75 Å². The SMILES string of the molecule is Cc1ccc(C2=N/C(=C\c3ccc(OC(=O)C(C)C)cc3)C(=O)O2)cc1[N+](=O)[O-]. The van der Waals surface area contributed by atoms with Crippen LogP contribution in [-0.2, 0) is 14.3 Å². The number of ether oxygens (including phenoxy) is 2. The van der Waals surface area contributed by atoms with Gasteiger partial charge in [-0.1, -0.05) is 32.0 Å². The van der Waals surface area contributed by atoms with Crippen LogP contribution in [0.1, 0.15) is 30.5 Å². The van der Waals surface area contributed by atoms with Crippen LogP contribution in [0.3, 0.4) is 0 Å². The first-order valence-corrected chi connectivity index (χ1v) is 8.84. The van der Waals surface area contributed by atoms with Gasteiger partial charge in [0.1, 0.15) is 5.75 Å². The summed E-state index contributed by atoms with van der Waals surface area (Å²) in [7, 11) is 0. The van der Waals surface area contributed by atoms with Gasteiger partial charge in [-0.15, -0.1) is 0 Å². The number of cyclic esters (lactones) is 1. The molecule has 0 amide bonds. The Labute approximate surface area is 166 Å². The van der Waals surface area contributed by atoms with E-state index in [1.165, 1.54) is 12.1 Å². The zero-order valence-corrected chi connectivity index (χ0v) is 16.0. The first-order chi connectivity index (χ1) is 13.7. The third kappa shape index (κ3) is 4.55. The molecule has 0 bridgehead atoms. The van der Waals surface area contributed by atoms with Gasteiger partial charge in [0.05, 0.1) is 10.8 Å².